The number of para-hydroxylation sites is 1. The minimum atomic E-state index is -1.03. The molecule has 26 heavy (non-hydrogen) atoms. The number of carbonyl (C=O) groups is 3. The molecule has 0 bridgehead atoms. The third kappa shape index (κ3) is 3.52. The molecule has 0 saturated heterocycles. The Morgan fingerprint density at radius 1 is 0.962 bits per heavy atom. The molecule has 5 nitrogen and oxygen atoms in total. The third-order valence-electron chi connectivity index (χ3n) is 4.79. The van der Waals surface area contributed by atoms with Crippen LogP contribution in [0.1, 0.15) is 42.6 Å². The minimum Gasteiger partial charge on any atom is -0.325 e. The number of anilines is 2. The van der Waals surface area contributed by atoms with Gasteiger partial charge in [0.2, 0.25) is 11.8 Å². The number of nitrogens with one attached hydrogen (secondary N) is 2. The number of aryl methyl sites for hydroxylation is 1. The molecule has 1 saturated carbocycles. The number of benzene rings is 2. The maximum Gasteiger partial charge on any atom is 0.240 e. The predicted octanol–water partition coefficient (Wildman–Crippen LogP) is 3.81. The van der Waals surface area contributed by atoms with Crippen LogP contribution in [-0.4, -0.2) is 17.6 Å². The molecular weight excluding hydrogens is 328 g/mol. The van der Waals surface area contributed by atoms with Gasteiger partial charge in [-0.05, 0) is 49.9 Å². The fourth-order valence-corrected chi connectivity index (χ4v) is 2.94. The Hall–Kier alpha value is -2.95. The molecule has 3 rings (SSSR count). The Bertz CT molecular complexity index is 869. The first kappa shape index (κ1) is 17.9. The Labute approximate surface area is 152 Å². The van der Waals surface area contributed by atoms with E-state index in [1.54, 1.807) is 24.3 Å². The number of carbonyl (C=O) groups excluding carboxylic acids is 3. The highest BCUT2D eigenvalue weighted by molar-refractivity contribution is 6.17. The standard InChI is InChI=1S/C21H22N2O3/c1-3-15-7-4-5-10-18(15)23-20(26)21(11-12-21)19(25)22-17-9-6-8-16(13-17)14(2)24/h4-10,13H,3,11-12H2,1-2H3,(H,22,25)(H,23,26). The van der Waals surface area contributed by atoms with Gasteiger partial charge in [0, 0.05) is 16.9 Å². The lowest BCUT2D eigenvalue weighted by atomic mass is 10.0. The Morgan fingerprint density at radius 3 is 2.31 bits per heavy atom. The highest BCUT2D eigenvalue weighted by atomic mass is 16.2. The normalized spacial score (nSPS) is 14.4. The van der Waals surface area contributed by atoms with Crippen LogP contribution in [0.2, 0.25) is 0 Å². The molecule has 0 atom stereocenters. The molecule has 0 aliphatic heterocycles. The minimum absolute atomic E-state index is 0.0730. The summed E-state index contributed by atoms with van der Waals surface area (Å²) < 4.78 is 0. The van der Waals surface area contributed by atoms with Crippen molar-refractivity contribution in [2.45, 2.75) is 33.1 Å². The van der Waals surface area contributed by atoms with E-state index in [1.165, 1.54) is 6.92 Å². The Balaban J connectivity index is 1.73. The fourth-order valence-electron chi connectivity index (χ4n) is 2.94. The van der Waals surface area contributed by atoms with E-state index in [0.717, 1.165) is 17.7 Å². The van der Waals surface area contributed by atoms with E-state index in [0.29, 0.717) is 24.1 Å². The topological polar surface area (TPSA) is 75.3 Å². The first-order valence-corrected chi connectivity index (χ1v) is 8.78. The molecule has 1 fully saturated rings. The summed E-state index contributed by atoms with van der Waals surface area (Å²) in [6.07, 6.45) is 1.84. The van der Waals surface area contributed by atoms with Gasteiger partial charge in [0.15, 0.2) is 5.78 Å². The lowest BCUT2D eigenvalue weighted by molar-refractivity contribution is -0.131. The van der Waals surface area contributed by atoms with Gasteiger partial charge >= 0.3 is 0 Å². The zero-order chi connectivity index (χ0) is 18.7. The first-order valence-electron chi connectivity index (χ1n) is 8.78. The summed E-state index contributed by atoms with van der Waals surface area (Å²) in [5.41, 5.74) is 1.79. The third-order valence-corrected chi connectivity index (χ3v) is 4.79. The molecule has 1 aliphatic carbocycles. The van der Waals surface area contributed by atoms with E-state index in [2.05, 4.69) is 10.6 Å². The highest BCUT2D eigenvalue weighted by Gasteiger charge is 2.56. The van der Waals surface area contributed by atoms with E-state index in [4.69, 9.17) is 0 Å². The van der Waals surface area contributed by atoms with Gasteiger partial charge in [-0.15, -0.1) is 0 Å². The summed E-state index contributed by atoms with van der Waals surface area (Å²) in [5.74, 6) is -0.681. The second kappa shape index (κ2) is 7.12. The molecule has 2 aromatic carbocycles. The number of hydrogen-bond donors (Lipinski definition) is 2. The van der Waals surface area contributed by atoms with Crippen LogP contribution in [0, 0.1) is 5.41 Å². The number of rotatable bonds is 6. The molecule has 2 aromatic rings. The summed E-state index contributed by atoms with van der Waals surface area (Å²) in [4.78, 5) is 36.9. The zero-order valence-corrected chi connectivity index (χ0v) is 15.0. The van der Waals surface area contributed by atoms with Gasteiger partial charge in [0.1, 0.15) is 5.41 Å². The molecule has 0 unspecified atom stereocenters. The average molecular weight is 350 g/mol. The first-order chi connectivity index (χ1) is 12.5. The van der Waals surface area contributed by atoms with Crippen LogP contribution in [0.25, 0.3) is 0 Å². The van der Waals surface area contributed by atoms with Crippen LogP contribution in [0.3, 0.4) is 0 Å². The molecule has 134 valence electrons. The number of ketones is 1. The second-order valence-electron chi connectivity index (χ2n) is 6.64. The van der Waals surface area contributed by atoms with Gasteiger partial charge in [0.25, 0.3) is 0 Å². The lowest BCUT2D eigenvalue weighted by Gasteiger charge is -2.17. The second-order valence-corrected chi connectivity index (χ2v) is 6.64. The van der Waals surface area contributed by atoms with Crippen molar-refractivity contribution < 1.29 is 14.4 Å². The van der Waals surface area contributed by atoms with Gasteiger partial charge in [-0.25, -0.2) is 0 Å². The molecule has 0 spiro atoms. The van der Waals surface area contributed by atoms with Crippen molar-refractivity contribution in [3.8, 4) is 0 Å². The van der Waals surface area contributed by atoms with E-state index in [-0.39, 0.29) is 17.6 Å². The van der Waals surface area contributed by atoms with Gasteiger partial charge in [-0.3, -0.25) is 14.4 Å². The van der Waals surface area contributed by atoms with Crippen molar-refractivity contribution in [1.29, 1.82) is 0 Å². The monoisotopic (exact) mass is 350 g/mol. The van der Waals surface area contributed by atoms with Crippen molar-refractivity contribution >= 4 is 29.0 Å². The number of Topliss-reactive ketones (excluding diaryl/α,β-unsaturated/α-hetero) is 1. The zero-order valence-electron chi connectivity index (χ0n) is 15.0. The number of amides is 2. The van der Waals surface area contributed by atoms with Crippen LogP contribution in [0.15, 0.2) is 48.5 Å². The van der Waals surface area contributed by atoms with Crippen LogP contribution in [0.4, 0.5) is 11.4 Å². The molecule has 2 N–H and O–H groups in total. The van der Waals surface area contributed by atoms with Gasteiger partial charge in [-0.2, -0.15) is 0 Å². The Morgan fingerprint density at radius 2 is 1.65 bits per heavy atom. The summed E-state index contributed by atoms with van der Waals surface area (Å²) in [6.45, 7) is 3.49. The van der Waals surface area contributed by atoms with Gasteiger partial charge in [0.05, 0.1) is 0 Å². The van der Waals surface area contributed by atoms with E-state index < -0.39 is 5.41 Å². The maximum atomic E-state index is 12.7. The summed E-state index contributed by atoms with van der Waals surface area (Å²) in [5, 5.41) is 5.69. The van der Waals surface area contributed by atoms with Gasteiger partial charge in [-0.1, -0.05) is 37.3 Å². The van der Waals surface area contributed by atoms with Crippen LogP contribution < -0.4 is 10.6 Å². The number of hydrogen-bond acceptors (Lipinski definition) is 3. The summed E-state index contributed by atoms with van der Waals surface area (Å²) >= 11 is 0. The molecule has 0 radical (unpaired) electrons. The van der Waals surface area contributed by atoms with Gasteiger partial charge < -0.3 is 10.6 Å². The van der Waals surface area contributed by atoms with Crippen molar-refractivity contribution in [1.82, 2.24) is 0 Å². The van der Waals surface area contributed by atoms with Crippen molar-refractivity contribution in [3.05, 3.63) is 59.7 Å². The highest BCUT2D eigenvalue weighted by Crippen LogP contribution is 2.47. The summed E-state index contributed by atoms with van der Waals surface area (Å²) in [6, 6.07) is 14.3. The molecule has 5 heteroatoms. The van der Waals surface area contributed by atoms with Crippen LogP contribution in [-0.2, 0) is 16.0 Å². The Kier molecular flexibility index (Phi) is 4.89. The SMILES string of the molecule is CCc1ccccc1NC(=O)C1(C(=O)Nc2cccc(C(C)=O)c2)CC1. The van der Waals surface area contributed by atoms with Crippen molar-refractivity contribution in [2.24, 2.45) is 5.41 Å². The molecular formula is C21H22N2O3. The van der Waals surface area contributed by atoms with E-state index in [9.17, 15) is 14.4 Å². The molecule has 2 amide bonds. The lowest BCUT2D eigenvalue weighted by Crippen LogP contribution is -2.35. The molecule has 1 aliphatic rings. The van der Waals surface area contributed by atoms with Crippen molar-refractivity contribution in [3.63, 3.8) is 0 Å². The van der Waals surface area contributed by atoms with E-state index in [1.807, 2.05) is 31.2 Å². The van der Waals surface area contributed by atoms with Crippen LogP contribution in [0.5, 0.6) is 0 Å². The van der Waals surface area contributed by atoms with Crippen LogP contribution >= 0.6 is 0 Å². The largest absolute Gasteiger partial charge is 0.325 e. The quantitative estimate of drug-likeness (QED) is 0.614. The molecule has 0 aromatic heterocycles. The maximum absolute atomic E-state index is 12.7. The summed E-state index contributed by atoms with van der Waals surface area (Å²) in [7, 11) is 0. The average Bonchev–Trinajstić information content (AvgIpc) is 3.44. The van der Waals surface area contributed by atoms with Crippen molar-refractivity contribution in [2.75, 3.05) is 10.6 Å². The smallest absolute Gasteiger partial charge is 0.240 e. The predicted molar refractivity (Wildman–Crippen MR) is 101 cm³/mol. The fraction of sp³-hybridized carbons (Fsp3) is 0.286. The van der Waals surface area contributed by atoms with E-state index >= 15 is 0 Å². The molecule has 0 heterocycles.